The molecule has 130 valence electrons. The fourth-order valence-corrected chi connectivity index (χ4v) is 2.83. The third kappa shape index (κ3) is 6.22. The summed E-state index contributed by atoms with van der Waals surface area (Å²) in [6.45, 7) is 8.22. The topological polar surface area (TPSA) is 59.4 Å². The molecule has 0 saturated carbocycles. The van der Waals surface area contributed by atoms with E-state index in [9.17, 15) is 4.79 Å². The lowest BCUT2D eigenvalue weighted by atomic mass is 10.1. The van der Waals surface area contributed by atoms with E-state index < -0.39 is 5.60 Å². The highest BCUT2D eigenvalue weighted by atomic mass is 16.6. The van der Waals surface area contributed by atoms with Crippen LogP contribution in [0.15, 0.2) is 12.4 Å². The van der Waals surface area contributed by atoms with Gasteiger partial charge in [0.1, 0.15) is 5.60 Å². The van der Waals surface area contributed by atoms with Gasteiger partial charge in [0.25, 0.3) is 0 Å². The predicted molar refractivity (Wildman–Crippen MR) is 90.4 cm³/mol. The molecule has 1 saturated heterocycles. The predicted octanol–water partition coefficient (Wildman–Crippen LogP) is 2.34. The smallest absolute Gasteiger partial charge is 0.410 e. The van der Waals surface area contributed by atoms with E-state index in [1.165, 1.54) is 5.56 Å². The molecule has 0 aromatic carbocycles. The molecule has 1 fully saturated rings. The van der Waals surface area contributed by atoms with E-state index in [-0.39, 0.29) is 6.09 Å². The Balaban J connectivity index is 1.72. The highest BCUT2D eigenvalue weighted by Gasteiger charge is 2.24. The van der Waals surface area contributed by atoms with Gasteiger partial charge in [-0.2, -0.15) is 5.10 Å². The van der Waals surface area contributed by atoms with Crippen molar-refractivity contribution < 1.29 is 9.53 Å². The van der Waals surface area contributed by atoms with Crippen LogP contribution >= 0.6 is 0 Å². The number of carbonyl (C=O) groups excluding carboxylic acids is 1. The van der Waals surface area contributed by atoms with Gasteiger partial charge in [0.2, 0.25) is 0 Å². The second-order valence-corrected chi connectivity index (χ2v) is 7.32. The molecule has 2 heterocycles. The third-order valence-electron chi connectivity index (χ3n) is 3.98. The van der Waals surface area contributed by atoms with Crippen LogP contribution in [0.1, 0.15) is 45.6 Å². The molecular formula is C17H30N4O2. The summed E-state index contributed by atoms with van der Waals surface area (Å²) >= 11 is 0. The first-order valence-corrected chi connectivity index (χ1v) is 8.52. The normalized spacial score (nSPS) is 19.5. The number of hydrogen-bond acceptors (Lipinski definition) is 4. The number of carbonyl (C=O) groups is 1. The molecule has 1 aliphatic heterocycles. The molecule has 1 aliphatic rings. The first kappa shape index (κ1) is 17.8. The van der Waals surface area contributed by atoms with Gasteiger partial charge in [-0.1, -0.05) is 0 Å². The fraction of sp³-hybridized carbons (Fsp3) is 0.765. The lowest BCUT2D eigenvalue weighted by Gasteiger charge is -2.26. The molecule has 23 heavy (non-hydrogen) atoms. The van der Waals surface area contributed by atoms with E-state index >= 15 is 0 Å². The summed E-state index contributed by atoms with van der Waals surface area (Å²) in [5.74, 6) is 0. The van der Waals surface area contributed by atoms with Gasteiger partial charge in [-0.05, 0) is 58.6 Å². The minimum atomic E-state index is -0.426. The average molecular weight is 322 g/mol. The van der Waals surface area contributed by atoms with Gasteiger partial charge in [0, 0.05) is 32.4 Å². The van der Waals surface area contributed by atoms with Crippen molar-refractivity contribution in [1.82, 2.24) is 20.0 Å². The summed E-state index contributed by atoms with van der Waals surface area (Å²) < 4.78 is 7.30. The van der Waals surface area contributed by atoms with Crippen molar-refractivity contribution in [3.05, 3.63) is 18.0 Å². The minimum absolute atomic E-state index is 0.187. The van der Waals surface area contributed by atoms with Crippen LogP contribution in [0, 0.1) is 0 Å². The van der Waals surface area contributed by atoms with E-state index in [1.54, 1.807) is 0 Å². The molecule has 1 atom stereocenters. The SMILES string of the molecule is Cn1cc(CCN[C@H]2CCCN(C(=O)OC(C)(C)C)CC2)cn1. The molecule has 2 rings (SSSR count). The zero-order valence-corrected chi connectivity index (χ0v) is 14.8. The van der Waals surface area contributed by atoms with Crippen LogP contribution in [0.2, 0.25) is 0 Å². The van der Waals surface area contributed by atoms with Crippen molar-refractivity contribution in [3.8, 4) is 0 Å². The quantitative estimate of drug-likeness (QED) is 0.924. The van der Waals surface area contributed by atoms with Crippen LogP contribution in [0.5, 0.6) is 0 Å². The molecule has 6 heteroatoms. The molecule has 1 N–H and O–H groups in total. The van der Waals surface area contributed by atoms with Gasteiger partial charge < -0.3 is 15.0 Å². The first-order chi connectivity index (χ1) is 10.8. The molecule has 1 aromatic rings. The Bertz CT molecular complexity index is 507. The summed E-state index contributed by atoms with van der Waals surface area (Å²) in [6.07, 6.45) is 7.87. The molecule has 6 nitrogen and oxygen atoms in total. The largest absolute Gasteiger partial charge is 0.444 e. The number of aryl methyl sites for hydroxylation is 1. The zero-order chi connectivity index (χ0) is 16.9. The molecule has 0 radical (unpaired) electrons. The molecule has 1 aromatic heterocycles. The van der Waals surface area contributed by atoms with Crippen molar-refractivity contribution in [2.24, 2.45) is 7.05 Å². The molecule has 0 bridgehead atoms. The van der Waals surface area contributed by atoms with Crippen molar-refractivity contribution in [1.29, 1.82) is 0 Å². The lowest BCUT2D eigenvalue weighted by Crippen LogP contribution is -2.38. The van der Waals surface area contributed by atoms with Gasteiger partial charge in [0.05, 0.1) is 6.20 Å². The average Bonchev–Trinajstić information content (AvgIpc) is 2.71. The Labute approximate surface area is 139 Å². The van der Waals surface area contributed by atoms with Crippen molar-refractivity contribution in [2.45, 2.75) is 58.1 Å². The first-order valence-electron chi connectivity index (χ1n) is 8.52. The van der Waals surface area contributed by atoms with Gasteiger partial charge in [-0.25, -0.2) is 4.79 Å². The maximum atomic E-state index is 12.1. The number of hydrogen-bond donors (Lipinski definition) is 1. The highest BCUT2D eigenvalue weighted by molar-refractivity contribution is 5.68. The van der Waals surface area contributed by atoms with Crippen LogP contribution in [-0.2, 0) is 18.2 Å². The Morgan fingerprint density at radius 3 is 2.83 bits per heavy atom. The highest BCUT2D eigenvalue weighted by Crippen LogP contribution is 2.15. The van der Waals surface area contributed by atoms with Crippen molar-refractivity contribution in [2.75, 3.05) is 19.6 Å². The van der Waals surface area contributed by atoms with Crippen LogP contribution in [0.4, 0.5) is 4.79 Å². The Morgan fingerprint density at radius 1 is 1.39 bits per heavy atom. The second kappa shape index (κ2) is 7.81. The third-order valence-corrected chi connectivity index (χ3v) is 3.98. The van der Waals surface area contributed by atoms with Gasteiger partial charge in [-0.3, -0.25) is 4.68 Å². The summed E-state index contributed by atoms with van der Waals surface area (Å²) in [4.78, 5) is 14.0. The minimum Gasteiger partial charge on any atom is -0.444 e. The van der Waals surface area contributed by atoms with E-state index in [4.69, 9.17) is 4.74 Å². The van der Waals surface area contributed by atoms with Crippen LogP contribution in [-0.4, -0.2) is 52.1 Å². The maximum Gasteiger partial charge on any atom is 0.410 e. The van der Waals surface area contributed by atoms with E-state index in [2.05, 4.69) is 16.6 Å². The van der Waals surface area contributed by atoms with Gasteiger partial charge >= 0.3 is 6.09 Å². The molecule has 0 aliphatic carbocycles. The van der Waals surface area contributed by atoms with Crippen molar-refractivity contribution in [3.63, 3.8) is 0 Å². The number of ether oxygens (including phenoxy) is 1. The summed E-state index contributed by atoms with van der Waals surface area (Å²) in [6, 6.07) is 0.471. The standard InChI is InChI=1S/C17H30N4O2/c1-17(2,3)23-16(22)21-10-5-6-15(8-11-21)18-9-7-14-12-19-20(4)13-14/h12-13,15,18H,5-11H2,1-4H3/t15-/m0/s1. The number of rotatable bonds is 4. The number of amides is 1. The second-order valence-electron chi connectivity index (χ2n) is 7.32. The summed E-state index contributed by atoms with van der Waals surface area (Å²) in [7, 11) is 1.94. The van der Waals surface area contributed by atoms with Gasteiger partial charge in [-0.15, -0.1) is 0 Å². The summed E-state index contributed by atoms with van der Waals surface area (Å²) in [5.41, 5.74) is 0.828. The monoisotopic (exact) mass is 322 g/mol. The molecule has 0 spiro atoms. The van der Waals surface area contributed by atoms with Crippen LogP contribution in [0.3, 0.4) is 0 Å². The maximum absolute atomic E-state index is 12.1. The number of nitrogens with zero attached hydrogens (tertiary/aromatic N) is 3. The Morgan fingerprint density at radius 2 is 2.17 bits per heavy atom. The van der Waals surface area contributed by atoms with Crippen molar-refractivity contribution >= 4 is 6.09 Å². The summed E-state index contributed by atoms with van der Waals surface area (Å²) in [5, 5.41) is 7.80. The van der Waals surface area contributed by atoms with Crippen LogP contribution in [0.25, 0.3) is 0 Å². The Hall–Kier alpha value is -1.56. The zero-order valence-electron chi connectivity index (χ0n) is 14.8. The molecule has 1 amide bonds. The lowest BCUT2D eigenvalue weighted by molar-refractivity contribution is 0.0256. The number of likely N-dealkylation sites (tertiary alicyclic amines) is 1. The molecule has 0 unspecified atom stereocenters. The van der Waals surface area contributed by atoms with E-state index in [0.29, 0.717) is 6.04 Å². The van der Waals surface area contributed by atoms with Gasteiger partial charge in [0.15, 0.2) is 0 Å². The van der Waals surface area contributed by atoms with E-state index in [0.717, 1.165) is 45.3 Å². The molecular weight excluding hydrogens is 292 g/mol. The number of aromatic nitrogens is 2. The number of nitrogens with one attached hydrogen (secondary N) is 1. The Kier molecular flexibility index (Phi) is 6.04. The van der Waals surface area contributed by atoms with Crippen LogP contribution < -0.4 is 5.32 Å². The fourth-order valence-electron chi connectivity index (χ4n) is 2.83. The van der Waals surface area contributed by atoms with E-state index in [1.807, 2.05) is 43.6 Å².